The van der Waals surface area contributed by atoms with E-state index in [0.29, 0.717) is 5.69 Å². The van der Waals surface area contributed by atoms with E-state index in [1.807, 2.05) is 20.8 Å². The van der Waals surface area contributed by atoms with Crippen molar-refractivity contribution >= 4 is 11.6 Å². The lowest BCUT2D eigenvalue weighted by Crippen LogP contribution is -2.49. The Morgan fingerprint density at radius 1 is 1.42 bits per heavy atom. The molecule has 0 saturated carbocycles. The molecule has 0 spiro atoms. The molecule has 0 aliphatic rings. The Hall–Kier alpha value is -1.62. The average Bonchev–Trinajstić information content (AvgIpc) is 2.34. The highest BCUT2D eigenvalue weighted by Crippen LogP contribution is 2.25. The predicted molar refractivity (Wildman–Crippen MR) is 73.8 cm³/mol. The first-order valence-corrected chi connectivity index (χ1v) is 6.05. The lowest BCUT2D eigenvalue weighted by atomic mass is 9.86. The number of methoxy groups -OCH3 is 1. The van der Waals surface area contributed by atoms with Gasteiger partial charge in [0, 0.05) is 18.8 Å². The second-order valence-corrected chi connectivity index (χ2v) is 5.56. The molecule has 1 amide bonds. The van der Waals surface area contributed by atoms with Gasteiger partial charge in [-0.1, -0.05) is 20.8 Å². The lowest BCUT2D eigenvalue weighted by Gasteiger charge is -2.30. The molecular weight excluding hydrogens is 247 g/mol. The van der Waals surface area contributed by atoms with Crippen LogP contribution in [0.3, 0.4) is 0 Å². The molecular formula is C14H21FN2O2. The molecule has 106 valence electrons. The second kappa shape index (κ2) is 5.57. The van der Waals surface area contributed by atoms with E-state index in [1.54, 1.807) is 13.1 Å². The highest BCUT2D eigenvalue weighted by atomic mass is 19.1. The summed E-state index contributed by atoms with van der Waals surface area (Å²) in [7, 11) is 2.97. The van der Waals surface area contributed by atoms with Gasteiger partial charge < -0.3 is 15.4 Å². The lowest BCUT2D eigenvalue weighted by molar-refractivity contribution is -0.121. The van der Waals surface area contributed by atoms with Gasteiger partial charge in [0.05, 0.1) is 13.2 Å². The topological polar surface area (TPSA) is 55.6 Å². The number of carbonyl (C=O) groups excluding carboxylic acids is 1. The van der Waals surface area contributed by atoms with Crippen molar-refractivity contribution < 1.29 is 13.9 Å². The van der Waals surface area contributed by atoms with Gasteiger partial charge in [0.1, 0.15) is 0 Å². The minimum atomic E-state index is -0.650. The molecule has 0 unspecified atom stereocenters. The van der Waals surface area contributed by atoms with Crippen molar-refractivity contribution in [2.75, 3.05) is 19.1 Å². The molecule has 0 heterocycles. The van der Waals surface area contributed by atoms with Gasteiger partial charge in [0.2, 0.25) is 5.91 Å². The number of benzene rings is 1. The fraction of sp³-hybridized carbons (Fsp3) is 0.500. The van der Waals surface area contributed by atoms with E-state index in [-0.39, 0.29) is 17.1 Å². The number of halogens is 1. The smallest absolute Gasteiger partial charge is 0.244 e. The fourth-order valence-corrected chi connectivity index (χ4v) is 1.57. The highest BCUT2D eigenvalue weighted by molar-refractivity contribution is 5.97. The Balaban J connectivity index is 2.97. The van der Waals surface area contributed by atoms with Crippen LogP contribution in [0, 0.1) is 11.2 Å². The van der Waals surface area contributed by atoms with Crippen molar-refractivity contribution in [2.45, 2.75) is 26.8 Å². The van der Waals surface area contributed by atoms with Crippen molar-refractivity contribution in [2.24, 2.45) is 11.1 Å². The molecule has 1 aromatic rings. The molecule has 2 N–H and O–H groups in total. The summed E-state index contributed by atoms with van der Waals surface area (Å²) in [4.78, 5) is 13.6. The number of nitrogens with two attached hydrogens (primary N) is 1. The summed E-state index contributed by atoms with van der Waals surface area (Å²) in [5, 5.41) is 0. The van der Waals surface area contributed by atoms with Crippen molar-refractivity contribution in [3.63, 3.8) is 0 Å². The van der Waals surface area contributed by atoms with E-state index in [0.717, 1.165) is 0 Å². The molecule has 0 saturated heterocycles. The third-order valence-corrected chi connectivity index (χ3v) is 3.05. The summed E-state index contributed by atoms with van der Waals surface area (Å²) in [6.45, 7) is 5.66. The quantitative estimate of drug-likeness (QED) is 0.914. The molecule has 19 heavy (non-hydrogen) atoms. The van der Waals surface area contributed by atoms with Crippen LogP contribution in [0.2, 0.25) is 0 Å². The number of hydrogen-bond acceptors (Lipinski definition) is 3. The number of carbonyl (C=O) groups is 1. The number of rotatable bonds is 3. The van der Waals surface area contributed by atoms with Crippen LogP contribution >= 0.6 is 0 Å². The van der Waals surface area contributed by atoms with E-state index in [4.69, 9.17) is 10.5 Å². The van der Waals surface area contributed by atoms with Crippen LogP contribution < -0.4 is 15.4 Å². The normalized spacial score (nSPS) is 13.0. The summed E-state index contributed by atoms with van der Waals surface area (Å²) < 4.78 is 18.5. The highest BCUT2D eigenvalue weighted by Gasteiger charge is 2.30. The standard InChI is InChI=1S/C14H21FN2O2/c1-14(2,3)12(16)13(18)17(4)9-6-7-11(19-5)10(15)8-9/h6-8,12H,16H2,1-5H3/t12-/m1/s1. The number of nitrogens with zero attached hydrogens (tertiary/aromatic N) is 1. The zero-order valence-electron chi connectivity index (χ0n) is 12.0. The van der Waals surface area contributed by atoms with E-state index >= 15 is 0 Å². The molecule has 5 heteroatoms. The van der Waals surface area contributed by atoms with Crippen molar-refractivity contribution in [1.82, 2.24) is 0 Å². The first-order valence-electron chi connectivity index (χ1n) is 6.05. The Morgan fingerprint density at radius 3 is 2.42 bits per heavy atom. The summed E-state index contributed by atoms with van der Waals surface area (Å²) >= 11 is 0. The number of hydrogen-bond donors (Lipinski definition) is 1. The molecule has 1 aromatic carbocycles. The number of ether oxygens (including phenoxy) is 1. The Bertz CT molecular complexity index is 469. The minimum absolute atomic E-state index is 0.143. The van der Waals surface area contributed by atoms with E-state index in [2.05, 4.69) is 0 Å². The summed E-state index contributed by atoms with van der Waals surface area (Å²) in [6.07, 6.45) is 0. The van der Waals surface area contributed by atoms with Crippen LogP contribution in [0.5, 0.6) is 5.75 Å². The van der Waals surface area contributed by atoms with Crippen molar-refractivity contribution in [3.8, 4) is 5.75 Å². The van der Waals surface area contributed by atoms with Crippen LogP contribution in [0.1, 0.15) is 20.8 Å². The SMILES string of the molecule is COc1ccc(N(C)C(=O)[C@@H](N)C(C)(C)C)cc1F. The van der Waals surface area contributed by atoms with Gasteiger partial charge >= 0.3 is 0 Å². The minimum Gasteiger partial charge on any atom is -0.494 e. The molecule has 1 rings (SSSR count). The predicted octanol–water partition coefficient (Wildman–Crippen LogP) is 2.17. The molecule has 0 radical (unpaired) electrons. The van der Waals surface area contributed by atoms with E-state index in [9.17, 15) is 9.18 Å². The molecule has 1 atom stereocenters. The maximum absolute atomic E-state index is 13.6. The Morgan fingerprint density at radius 2 is 2.00 bits per heavy atom. The Labute approximate surface area is 113 Å². The van der Waals surface area contributed by atoms with Crippen LogP contribution in [0.15, 0.2) is 18.2 Å². The van der Waals surface area contributed by atoms with Crippen molar-refractivity contribution in [1.29, 1.82) is 0 Å². The molecule has 0 aliphatic carbocycles. The monoisotopic (exact) mass is 268 g/mol. The maximum Gasteiger partial charge on any atom is 0.244 e. The largest absolute Gasteiger partial charge is 0.494 e. The third kappa shape index (κ3) is 3.44. The zero-order valence-corrected chi connectivity index (χ0v) is 12.0. The molecule has 0 bridgehead atoms. The third-order valence-electron chi connectivity index (χ3n) is 3.05. The van der Waals surface area contributed by atoms with Gasteiger partial charge in [0.15, 0.2) is 11.6 Å². The summed E-state index contributed by atoms with van der Waals surface area (Å²) in [5.41, 5.74) is 6.01. The number of amides is 1. The van der Waals surface area contributed by atoms with Gasteiger partial charge in [-0.25, -0.2) is 4.39 Å². The zero-order chi connectivity index (χ0) is 14.8. The average molecular weight is 268 g/mol. The van der Waals surface area contributed by atoms with Gasteiger partial charge in [0.25, 0.3) is 0 Å². The number of anilines is 1. The summed E-state index contributed by atoms with van der Waals surface area (Å²) in [6, 6.07) is 3.71. The first kappa shape index (κ1) is 15.4. The number of likely N-dealkylation sites (N-methyl/N-ethyl adjacent to an activating group) is 1. The van der Waals surface area contributed by atoms with E-state index in [1.165, 1.54) is 24.1 Å². The molecule has 0 fully saturated rings. The van der Waals surface area contributed by atoms with Gasteiger partial charge in [-0.3, -0.25) is 4.79 Å². The van der Waals surface area contributed by atoms with Crippen LogP contribution in [0.4, 0.5) is 10.1 Å². The van der Waals surface area contributed by atoms with Crippen LogP contribution in [-0.2, 0) is 4.79 Å². The molecule has 0 aromatic heterocycles. The van der Waals surface area contributed by atoms with Crippen molar-refractivity contribution in [3.05, 3.63) is 24.0 Å². The van der Waals surface area contributed by atoms with Gasteiger partial charge in [-0.05, 0) is 17.5 Å². The van der Waals surface area contributed by atoms with E-state index < -0.39 is 11.9 Å². The van der Waals surface area contributed by atoms with Crippen LogP contribution in [0.25, 0.3) is 0 Å². The van der Waals surface area contributed by atoms with Gasteiger partial charge in [-0.2, -0.15) is 0 Å². The summed E-state index contributed by atoms with van der Waals surface area (Å²) in [5.74, 6) is -0.620. The van der Waals surface area contributed by atoms with Crippen LogP contribution in [-0.4, -0.2) is 26.1 Å². The molecule has 0 aliphatic heterocycles. The fourth-order valence-electron chi connectivity index (χ4n) is 1.57. The van der Waals surface area contributed by atoms with Gasteiger partial charge in [-0.15, -0.1) is 0 Å². The Kier molecular flexibility index (Phi) is 4.52. The molecule has 4 nitrogen and oxygen atoms in total. The maximum atomic E-state index is 13.6. The first-order chi connectivity index (χ1) is 8.68. The second-order valence-electron chi connectivity index (χ2n) is 5.56.